The van der Waals surface area contributed by atoms with Gasteiger partial charge in [0.25, 0.3) is 0 Å². The van der Waals surface area contributed by atoms with Gasteiger partial charge in [-0.05, 0) is 176 Å². The third-order valence-corrected chi connectivity index (χ3v) is 16.7. The van der Waals surface area contributed by atoms with E-state index in [2.05, 4.69) is 213 Å². The minimum Gasteiger partial charge on any atom is -0.333 e. The molecule has 1 unspecified atom stereocenters. The zero-order valence-electron chi connectivity index (χ0n) is 41.6. The monoisotopic (exact) mass is 913 g/mol. The molecule has 6 aromatic carbocycles. The van der Waals surface area contributed by atoms with E-state index in [9.17, 15) is 0 Å². The van der Waals surface area contributed by atoms with Gasteiger partial charge in [-0.1, -0.05) is 171 Å². The first-order valence-electron chi connectivity index (χ1n) is 26.8. The Hall–Kier alpha value is -6.64. The summed E-state index contributed by atoms with van der Waals surface area (Å²) in [5.74, 6) is 0.721. The SMILES string of the molecule is C/C=C\CC[C@@H]1CC(C)(C)c2cc3cc4ccc(N(C5=CCCc6ccccc65)[C@H]5C=CC=CC5C5=CCCC=C5)cc4c(N(C4=CCCC5=C4CCCC5)c4ccccc4-c4ccccc4)c3cc21. The number of aryl methyl sites for hydroxylation is 1. The Labute approximate surface area is 417 Å². The molecule has 6 aliphatic carbocycles. The Morgan fingerprint density at radius 1 is 0.671 bits per heavy atom. The Bertz CT molecular complexity index is 3250. The number of hydrogen-bond donors (Lipinski definition) is 0. The van der Waals surface area contributed by atoms with Crippen LogP contribution in [0.25, 0.3) is 38.4 Å². The normalized spacial score (nSPS) is 21.4. The molecular formula is C68H68N2. The van der Waals surface area contributed by atoms with Crippen LogP contribution in [-0.4, -0.2) is 6.04 Å². The van der Waals surface area contributed by atoms with Gasteiger partial charge < -0.3 is 9.80 Å². The predicted octanol–water partition coefficient (Wildman–Crippen LogP) is 18.6. The smallest absolute Gasteiger partial charge is 0.0628 e. The maximum atomic E-state index is 2.78. The van der Waals surface area contributed by atoms with Crippen molar-refractivity contribution in [2.24, 2.45) is 5.92 Å². The number of fused-ring (bicyclic) bond motifs is 4. The van der Waals surface area contributed by atoms with Crippen molar-refractivity contribution in [3.63, 3.8) is 0 Å². The summed E-state index contributed by atoms with van der Waals surface area (Å²) >= 11 is 0. The fraction of sp³-hybridized carbons (Fsp3) is 0.294. The van der Waals surface area contributed by atoms with Crippen molar-refractivity contribution in [2.45, 2.75) is 122 Å². The van der Waals surface area contributed by atoms with Crippen LogP contribution < -0.4 is 9.80 Å². The van der Waals surface area contributed by atoms with E-state index in [1.807, 2.05) is 0 Å². The minimum atomic E-state index is 0.0899. The molecule has 6 aromatic rings. The van der Waals surface area contributed by atoms with Crippen LogP contribution >= 0.6 is 0 Å². The van der Waals surface area contributed by atoms with E-state index < -0.39 is 0 Å². The van der Waals surface area contributed by atoms with Crippen molar-refractivity contribution in [3.05, 3.63) is 227 Å². The lowest BCUT2D eigenvalue weighted by atomic mass is 9.82. The highest BCUT2D eigenvalue weighted by molar-refractivity contribution is 6.15. The number of para-hydroxylation sites is 1. The topological polar surface area (TPSA) is 6.48 Å². The Kier molecular flexibility index (Phi) is 12.1. The Morgan fingerprint density at radius 2 is 1.46 bits per heavy atom. The van der Waals surface area contributed by atoms with Crippen LogP contribution in [0.5, 0.6) is 0 Å². The molecule has 2 nitrogen and oxygen atoms in total. The largest absolute Gasteiger partial charge is 0.333 e. The molecule has 0 saturated carbocycles. The predicted molar refractivity (Wildman–Crippen MR) is 300 cm³/mol. The van der Waals surface area contributed by atoms with Crippen LogP contribution in [0.2, 0.25) is 0 Å². The highest BCUT2D eigenvalue weighted by Gasteiger charge is 2.39. The van der Waals surface area contributed by atoms with Crippen LogP contribution in [0.15, 0.2) is 205 Å². The fourth-order valence-corrected chi connectivity index (χ4v) is 13.4. The molecular weight excluding hydrogens is 845 g/mol. The van der Waals surface area contributed by atoms with Crippen LogP contribution in [0.4, 0.5) is 17.1 Å². The van der Waals surface area contributed by atoms with Crippen LogP contribution in [0.3, 0.4) is 0 Å². The van der Waals surface area contributed by atoms with Crippen molar-refractivity contribution < 1.29 is 0 Å². The Balaban J connectivity index is 1.17. The summed E-state index contributed by atoms with van der Waals surface area (Å²) in [6.45, 7) is 7.14. The molecule has 0 radical (unpaired) electrons. The quantitative estimate of drug-likeness (QED) is 0.0944. The van der Waals surface area contributed by atoms with Crippen molar-refractivity contribution >= 4 is 44.3 Å². The lowest BCUT2D eigenvalue weighted by molar-refractivity contribution is 0.462. The second-order valence-corrected chi connectivity index (χ2v) is 21.5. The molecule has 0 bridgehead atoms. The summed E-state index contributed by atoms with van der Waals surface area (Å²) in [6, 6.07) is 45.1. The number of rotatable bonds is 11. The summed E-state index contributed by atoms with van der Waals surface area (Å²) in [5, 5.41) is 5.28. The maximum absolute atomic E-state index is 2.78. The average molecular weight is 913 g/mol. The molecule has 3 atom stereocenters. The Morgan fingerprint density at radius 3 is 2.33 bits per heavy atom. The van der Waals surface area contributed by atoms with E-state index in [4.69, 9.17) is 0 Å². The van der Waals surface area contributed by atoms with Gasteiger partial charge in [0.15, 0.2) is 0 Å². The van der Waals surface area contributed by atoms with Gasteiger partial charge >= 0.3 is 0 Å². The molecule has 6 aliphatic rings. The molecule has 0 spiro atoms. The molecule has 0 aromatic heterocycles. The summed E-state index contributed by atoms with van der Waals surface area (Å²) in [7, 11) is 0. The molecule has 0 N–H and O–H groups in total. The maximum Gasteiger partial charge on any atom is 0.0628 e. The van der Waals surface area contributed by atoms with Crippen LogP contribution in [0, 0.1) is 5.92 Å². The molecule has 0 aliphatic heterocycles. The molecule has 12 rings (SSSR count). The third-order valence-electron chi connectivity index (χ3n) is 16.7. The zero-order valence-corrected chi connectivity index (χ0v) is 41.6. The standard InChI is InChI=1S/C68H68N2/c1-4-5-8-29-52-46-68(2,3)62-43-53-42-51-40-41-54(69(64-38-21-30-49-27-13-15-32-56(49)64)63-36-19-17-34-55(63)47-23-9-6-10-24-47)44-60(51)67(61(53)45-59(52)62)70(66-39-22-31-50-28-14-16-33-58(50)66)65-37-20-18-35-57(65)48-25-11-7-12-26-48/h4-5,7,9,11-13,15,17-20,23-27,32,34-45,52,55,63H,6,8,10,14,16,21-22,28-31,33,46H2,1-3H3/b5-4-/t52-,55?,63+/m1/s1. The second kappa shape index (κ2) is 18.9. The van der Waals surface area contributed by atoms with Crippen molar-refractivity contribution in [1.82, 2.24) is 0 Å². The number of anilines is 3. The molecule has 0 heterocycles. The van der Waals surface area contributed by atoms with E-state index >= 15 is 0 Å². The third kappa shape index (κ3) is 8.08. The average Bonchev–Trinajstić information content (AvgIpc) is 3.66. The summed E-state index contributed by atoms with van der Waals surface area (Å²) in [5.41, 5.74) is 19.7. The molecule has 350 valence electrons. The number of nitrogens with zero attached hydrogens (tertiary/aromatic N) is 2. The summed E-state index contributed by atoms with van der Waals surface area (Å²) < 4.78 is 0. The van der Waals surface area contributed by atoms with Gasteiger partial charge in [0.1, 0.15) is 0 Å². The van der Waals surface area contributed by atoms with Crippen molar-refractivity contribution in [1.29, 1.82) is 0 Å². The first-order chi connectivity index (χ1) is 34.4. The van der Waals surface area contributed by atoms with Gasteiger partial charge in [-0.2, -0.15) is 0 Å². The van der Waals surface area contributed by atoms with Crippen LogP contribution in [0.1, 0.15) is 126 Å². The van der Waals surface area contributed by atoms with Gasteiger partial charge in [-0.25, -0.2) is 0 Å². The molecule has 0 saturated heterocycles. The zero-order chi connectivity index (χ0) is 47.2. The number of hydrogen-bond acceptors (Lipinski definition) is 2. The number of allylic oxidation sites excluding steroid dienone is 11. The van der Waals surface area contributed by atoms with E-state index in [1.165, 1.54) is 122 Å². The van der Waals surface area contributed by atoms with E-state index in [0.29, 0.717) is 5.92 Å². The molecule has 0 fully saturated rings. The van der Waals surface area contributed by atoms with E-state index in [0.717, 1.165) is 44.9 Å². The van der Waals surface area contributed by atoms with E-state index in [-0.39, 0.29) is 17.4 Å². The van der Waals surface area contributed by atoms with Gasteiger partial charge in [-0.3, -0.25) is 0 Å². The fourth-order valence-electron chi connectivity index (χ4n) is 13.4. The first-order valence-corrected chi connectivity index (χ1v) is 26.8. The summed E-state index contributed by atoms with van der Waals surface area (Å²) in [4.78, 5) is 5.51. The van der Waals surface area contributed by atoms with E-state index in [1.54, 1.807) is 16.7 Å². The van der Waals surface area contributed by atoms with Gasteiger partial charge in [-0.15, -0.1) is 0 Å². The van der Waals surface area contributed by atoms with Gasteiger partial charge in [0, 0.05) is 44.9 Å². The molecule has 70 heavy (non-hydrogen) atoms. The highest BCUT2D eigenvalue weighted by Crippen LogP contribution is 2.54. The van der Waals surface area contributed by atoms with Gasteiger partial charge in [0.2, 0.25) is 0 Å². The number of benzene rings is 6. The second-order valence-electron chi connectivity index (χ2n) is 21.5. The lowest BCUT2D eigenvalue weighted by Crippen LogP contribution is -2.40. The van der Waals surface area contributed by atoms with Crippen molar-refractivity contribution in [2.75, 3.05) is 9.80 Å². The molecule has 0 amide bonds. The summed E-state index contributed by atoms with van der Waals surface area (Å²) in [6.07, 6.45) is 41.4. The minimum absolute atomic E-state index is 0.0899. The molecule has 2 heteroatoms. The van der Waals surface area contributed by atoms with Crippen molar-refractivity contribution in [3.8, 4) is 11.1 Å². The lowest BCUT2D eigenvalue weighted by Gasteiger charge is -2.41. The van der Waals surface area contributed by atoms with Crippen LogP contribution in [-0.2, 0) is 11.8 Å². The first kappa shape index (κ1) is 44.6. The highest BCUT2D eigenvalue weighted by atomic mass is 15.2. The van der Waals surface area contributed by atoms with Gasteiger partial charge in [0.05, 0.1) is 17.4 Å².